The van der Waals surface area contributed by atoms with E-state index in [9.17, 15) is 0 Å². The van der Waals surface area contributed by atoms with E-state index in [4.69, 9.17) is 4.74 Å². The van der Waals surface area contributed by atoms with Crippen LogP contribution in [0.2, 0.25) is 0 Å². The number of hydrogen-bond acceptors (Lipinski definition) is 1. The van der Waals surface area contributed by atoms with Gasteiger partial charge < -0.3 is 4.74 Å². The maximum absolute atomic E-state index is 6.36. The lowest BCUT2D eigenvalue weighted by Gasteiger charge is -2.53. The second-order valence-electron chi connectivity index (χ2n) is 8.01. The monoisotopic (exact) mass is 220 g/mol. The topological polar surface area (TPSA) is 12.5 Å². The molecule has 2 unspecified atom stereocenters. The summed E-state index contributed by atoms with van der Waals surface area (Å²) in [7, 11) is 0. The molecule has 0 aromatic carbocycles. The van der Waals surface area contributed by atoms with Crippen molar-refractivity contribution < 1.29 is 4.74 Å². The van der Waals surface area contributed by atoms with Crippen LogP contribution in [0.5, 0.6) is 0 Å². The summed E-state index contributed by atoms with van der Waals surface area (Å²) in [5.74, 6) is 0.926. The molecule has 1 heteroatoms. The van der Waals surface area contributed by atoms with E-state index in [0.717, 1.165) is 5.92 Å². The average molecular weight is 220 g/mol. The van der Waals surface area contributed by atoms with E-state index in [1.54, 1.807) is 0 Å². The molecule has 2 spiro atoms. The Bertz CT molecular complexity index is 370. The van der Waals surface area contributed by atoms with Crippen LogP contribution in [0.3, 0.4) is 0 Å². The van der Waals surface area contributed by atoms with Gasteiger partial charge in [-0.25, -0.2) is 0 Å². The van der Waals surface area contributed by atoms with Crippen LogP contribution in [0.1, 0.15) is 59.8 Å². The number of ether oxygens (including phenoxy) is 1. The van der Waals surface area contributed by atoms with Crippen molar-refractivity contribution in [2.24, 2.45) is 22.2 Å². The SMILES string of the molecule is CC1(C)[C@@H]2CC[C@]3(C2)C(C)(C)CCC2OC213. The predicted molar refractivity (Wildman–Crippen MR) is 64.2 cm³/mol. The van der Waals surface area contributed by atoms with Gasteiger partial charge in [-0.1, -0.05) is 27.7 Å². The van der Waals surface area contributed by atoms with E-state index in [2.05, 4.69) is 27.7 Å². The van der Waals surface area contributed by atoms with Gasteiger partial charge in [-0.2, -0.15) is 0 Å². The molecule has 1 heterocycles. The van der Waals surface area contributed by atoms with Gasteiger partial charge in [-0.05, 0) is 48.9 Å². The normalized spacial score (nSPS) is 59.2. The number of rotatable bonds is 0. The van der Waals surface area contributed by atoms with Gasteiger partial charge in [-0.15, -0.1) is 0 Å². The Balaban J connectivity index is 1.93. The van der Waals surface area contributed by atoms with Crippen molar-refractivity contribution in [2.45, 2.75) is 71.5 Å². The first-order valence-corrected chi connectivity index (χ1v) is 7.05. The lowest BCUT2D eigenvalue weighted by molar-refractivity contribution is -0.0620. The minimum atomic E-state index is 0.282. The molecule has 2 bridgehead atoms. The second-order valence-corrected chi connectivity index (χ2v) is 8.01. The van der Waals surface area contributed by atoms with Crippen molar-refractivity contribution in [3.05, 3.63) is 0 Å². The van der Waals surface area contributed by atoms with Crippen molar-refractivity contribution >= 4 is 0 Å². The molecule has 4 aliphatic rings. The first-order valence-electron chi connectivity index (χ1n) is 7.05. The summed E-state index contributed by atoms with van der Waals surface area (Å²) >= 11 is 0. The van der Waals surface area contributed by atoms with Crippen molar-refractivity contribution in [1.82, 2.24) is 0 Å². The Morgan fingerprint density at radius 3 is 2.44 bits per heavy atom. The smallest absolute Gasteiger partial charge is 0.106 e. The highest BCUT2D eigenvalue weighted by Crippen LogP contribution is 2.83. The average Bonchev–Trinajstić information content (AvgIpc) is 2.70. The van der Waals surface area contributed by atoms with Gasteiger partial charge in [0.15, 0.2) is 0 Å². The largest absolute Gasteiger partial charge is 0.365 e. The summed E-state index contributed by atoms with van der Waals surface area (Å²) in [6.07, 6.45) is 7.64. The molecule has 0 N–H and O–H groups in total. The Labute approximate surface area is 98.9 Å². The molecule has 3 saturated carbocycles. The van der Waals surface area contributed by atoms with Crippen LogP contribution in [-0.2, 0) is 4.74 Å². The summed E-state index contributed by atoms with van der Waals surface area (Å²) in [6.45, 7) is 9.99. The van der Waals surface area contributed by atoms with Crippen LogP contribution in [0, 0.1) is 22.2 Å². The summed E-state index contributed by atoms with van der Waals surface area (Å²) < 4.78 is 6.36. The third-order valence-corrected chi connectivity index (χ3v) is 7.25. The molecule has 1 aliphatic heterocycles. The van der Waals surface area contributed by atoms with E-state index in [-0.39, 0.29) is 5.60 Å². The molecular formula is C15H24O. The Morgan fingerprint density at radius 1 is 1.00 bits per heavy atom. The number of epoxide rings is 1. The quantitative estimate of drug-likeness (QED) is 0.566. The molecule has 16 heavy (non-hydrogen) atoms. The van der Waals surface area contributed by atoms with E-state index >= 15 is 0 Å². The van der Waals surface area contributed by atoms with Gasteiger partial charge in [0.2, 0.25) is 0 Å². The molecule has 4 atom stereocenters. The first-order chi connectivity index (χ1) is 7.37. The highest BCUT2D eigenvalue weighted by atomic mass is 16.6. The van der Waals surface area contributed by atoms with Gasteiger partial charge in [0.05, 0.1) is 6.10 Å². The zero-order chi connectivity index (χ0) is 11.4. The van der Waals surface area contributed by atoms with Gasteiger partial charge in [0.25, 0.3) is 0 Å². The van der Waals surface area contributed by atoms with Crippen LogP contribution in [0.4, 0.5) is 0 Å². The second kappa shape index (κ2) is 2.25. The first kappa shape index (κ1) is 9.94. The molecule has 1 nitrogen and oxygen atoms in total. The van der Waals surface area contributed by atoms with Crippen LogP contribution in [0.15, 0.2) is 0 Å². The van der Waals surface area contributed by atoms with Gasteiger partial charge in [-0.3, -0.25) is 0 Å². The molecule has 4 fully saturated rings. The lowest BCUT2D eigenvalue weighted by Crippen LogP contribution is -2.56. The molecule has 0 aromatic heterocycles. The van der Waals surface area contributed by atoms with Crippen molar-refractivity contribution in [2.75, 3.05) is 0 Å². The van der Waals surface area contributed by atoms with Gasteiger partial charge in [0.1, 0.15) is 5.60 Å². The van der Waals surface area contributed by atoms with E-state index in [1.165, 1.54) is 32.1 Å². The van der Waals surface area contributed by atoms with Crippen molar-refractivity contribution in [1.29, 1.82) is 0 Å². The molecule has 90 valence electrons. The minimum absolute atomic E-state index is 0.282. The molecule has 0 amide bonds. The molecule has 4 rings (SSSR count). The van der Waals surface area contributed by atoms with E-state index < -0.39 is 0 Å². The highest BCUT2D eigenvalue weighted by molar-refractivity contribution is 5.34. The molecule has 1 saturated heterocycles. The fourth-order valence-electron chi connectivity index (χ4n) is 6.21. The predicted octanol–water partition coefficient (Wildman–Crippen LogP) is 3.77. The maximum atomic E-state index is 6.36. The summed E-state index contributed by atoms with van der Waals surface area (Å²) in [4.78, 5) is 0. The molecule has 3 aliphatic carbocycles. The summed E-state index contributed by atoms with van der Waals surface area (Å²) in [5.41, 5.74) is 1.75. The van der Waals surface area contributed by atoms with E-state index in [0.29, 0.717) is 22.3 Å². The van der Waals surface area contributed by atoms with Gasteiger partial charge in [0, 0.05) is 5.41 Å². The van der Waals surface area contributed by atoms with Crippen LogP contribution in [-0.4, -0.2) is 11.7 Å². The highest BCUT2D eigenvalue weighted by Gasteiger charge is 2.86. The maximum Gasteiger partial charge on any atom is 0.106 e. The van der Waals surface area contributed by atoms with Crippen molar-refractivity contribution in [3.63, 3.8) is 0 Å². The minimum Gasteiger partial charge on any atom is -0.365 e. The summed E-state index contributed by atoms with van der Waals surface area (Å²) in [5, 5.41) is 0. The Morgan fingerprint density at radius 2 is 1.75 bits per heavy atom. The van der Waals surface area contributed by atoms with Crippen molar-refractivity contribution in [3.8, 4) is 0 Å². The fraction of sp³-hybridized carbons (Fsp3) is 1.00. The number of hydrogen-bond donors (Lipinski definition) is 0. The Kier molecular flexibility index (Phi) is 1.40. The van der Waals surface area contributed by atoms with Crippen LogP contribution < -0.4 is 0 Å². The van der Waals surface area contributed by atoms with E-state index in [1.807, 2.05) is 0 Å². The fourth-order valence-corrected chi connectivity index (χ4v) is 6.21. The van der Waals surface area contributed by atoms with Gasteiger partial charge >= 0.3 is 0 Å². The molecule has 0 radical (unpaired) electrons. The number of fused-ring (bicyclic) bond motifs is 1. The zero-order valence-electron chi connectivity index (χ0n) is 11.1. The third kappa shape index (κ3) is 0.674. The third-order valence-electron chi connectivity index (χ3n) is 7.25. The Hall–Kier alpha value is -0.0400. The summed E-state index contributed by atoms with van der Waals surface area (Å²) in [6, 6.07) is 0. The lowest BCUT2D eigenvalue weighted by atomic mass is 9.49. The van der Waals surface area contributed by atoms with Crippen LogP contribution in [0.25, 0.3) is 0 Å². The van der Waals surface area contributed by atoms with Crippen LogP contribution >= 0.6 is 0 Å². The standard InChI is InChI=1S/C15H24O/c1-12(2)7-6-11-15(16-11)13(3,4)10-5-8-14(12,15)9-10/h10-11H,5-9H2,1-4H3/t10-,11?,14+,15?/m1/s1. The zero-order valence-corrected chi connectivity index (χ0v) is 11.1. The molecule has 0 aromatic rings. The molecular weight excluding hydrogens is 196 g/mol.